The van der Waals surface area contributed by atoms with Crippen LogP contribution in [0.1, 0.15) is 39.9 Å². The number of nitrogens with zero attached hydrogens (tertiary/aromatic N) is 1. The van der Waals surface area contributed by atoms with Crippen molar-refractivity contribution in [2.45, 2.75) is 31.2 Å². The molecule has 0 spiro atoms. The zero-order chi connectivity index (χ0) is 24.9. The number of amides is 2. The fraction of sp³-hybridized carbons (Fsp3) is 0.267. The molecule has 2 heterocycles. The molecule has 5 rings (SSSR count). The minimum atomic E-state index is -0.0470. The summed E-state index contributed by atoms with van der Waals surface area (Å²) in [5.41, 5.74) is 4.79. The van der Waals surface area contributed by atoms with Gasteiger partial charge in [0.05, 0.1) is 43.3 Å². The first kappa shape index (κ1) is 24.3. The molecule has 2 N–H and O–H groups in total. The maximum absolute atomic E-state index is 13.6. The van der Waals surface area contributed by atoms with Crippen LogP contribution in [-0.2, 0) is 11.3 Å². The van der Waals surface area contributed by atoms with Gasteiger partial charge in [-0.25, -0.2) is 0 Å². The fourth-order valence-electron chi connectivity index (χ4n) is 4.84. The van der Waals surface area contributed by atoms with Crippen LogP contribution < -0.4 is 15.1 Å². The summed E-state index contributed by atoms with van der Waals surface area (Å²) < 4.78 is 0. The van der Waals surface area contributed by atoms with Crippen LogP contribution in [-0.4, -0.2) is 38.0 Å². The Labute approximate surface area is 217 Å². The number of likely N-dealkylation sites (tertiary alicyclic amines) is 1. The third-order valence-electron chi connectivity index (χ3n) is 6.97. The highest BCUT2D eigenvalue weighted by Crippen LogP contribution is 2.42. The van der Waals surface area contributed by atoms with Crippen molar-refractivity contribution in [3.05, 3.63) is 100.0 Å². The first-order chi connectivity index (χ1) is 17.6. The number of benzene rings is 3. The molecule has 0 aromatic heterocycles. The highest BCUT2D eigenvalue weighted by Gasteiger charge is 2.29. The quantitative estimate of drug-likeness (QED) is 0.483. The van der Waals surface area contributed by atoms with Crippen LogP contribution in [0.5, 0.6) is 0 Å². The molecular weight excluding hydrogens is 466 g/mol. The molecule has 3 aromatic carbocycles. The number of nitrogens with one attached hydrogen (secondary N) is 2. The Morgan fingerprint density at radius 2 is 1.72 bits per heavy atom. The van der Waals surface area contributed by atoms with Gasteiger partial charge >= 0.3 is 0 Å². The number of carbonyl (C=O) groups is 2. The van der Waals surface area contributed by atoms with Crippen molar-refractivity contribution in [1.29, 1.82) is 0 Å². The van der Waals surface area contributed by atoms with Crippen LogP contribution in [0.4, 0.5) is 5.69 Å². The molecule has 1 saturated heterocycles. The first-order valence-electron chi connectivity index (χ1n) is 12.7. The third kappa shape index (κ3) is 5.55. The van der Waals surface area contributed by atoms with Crippen molar-refractivity contribution in [2.24, 2.45) is 0 Å². The van der Waals surface area contributed by atoms with E-state index in [1.165, 1.54) is 43.3 Å². The number of quaternary nitrogens is 1. The lowest BCUT2D eigenvalue weighted by atomic mass is 10.1. The Bertz CT molecular complexity index is 1280. The second-order valence-corrected chi connectivity index (χ2v) is 10.6. The third-order valence-corrected chi connectivity index (χ3v) is 8.04. The molecule has 0 atom stereocenters. The molecule has 2 aliphatic rings. The largest absolute Gasteiger partial charge is 0.346 e. The number of hydrogen-bond acceptors (Lipinski definition) is 3. The molecule has 2 amide bonds. The molecule has 2 aliphatic heterocycles. The van der Waals surface area contributed by atoms with Gasteiger partial charge < -0.3 is 15.1 Å². The predicted octanol–water partition coefficient (Wildman–Crippen LogP) is 4.08. The monoisotopic (exact) mass is 498 g/mol. The number of fused-ring (bicyclic) bond motifs is 1. The highest BCUT2D eigenvalue weighted by molar-refractivity contribution is 8.04. The van der Waals surface area contributed by atoms with Gasteiger partial charge in [-0.05, 0) is 54.0 Å². The topological polar surface area (TPSA) is 53.9 Å². The Morgan fingerprint density at radius 1 is 1.00 bits per heavy atom. The van der Waals surface area contributed by atoms with Gasteiger partial charge in [-0.2, -0.15) is 0 Å². The highest BCUT2D eigenvalue weighted by atomic mass is 32.2. The molecule has 5 nitrogen and oxygen atoms in total. The van der Waals surface area contributed by atoms with Crippen molar-refractivity contribution in [2.75, 3.05) is 31.1 Å². The molecule has 0 aliphatic carbocycles. The average Bonchev–Trinajstić information content (AvgIpc) is 3.41. The van der Waals surface area contributed by atoms with Crippen molar-refractivity contribution >= 4 is 35.3 Å². The molecule has 36 heavy (non-hydrogen) atoms. The number of rotatable bonds is 7. The smallest absolute Gasteiger partial charge is 0.265 e. The fourth-order valence-corrected chi connectivity index (χ4v) is 5.90. The summed E-state index contributed by atoms with van der Waals surface area (Å²) in [5.74, 6) is -0.0533. The van der Waals surface area contributed by atoms with E-state index in [2.05, 4.69) is 30.4 Å². The summed E-state index contributed by atoms with van der Waals surface area (Å²) in [6.45, 7) is 6.70. The average molecular weight is 499 g/mol. The van der Waals surface area contributed by atoms with Crippen LogP contribution >= 0.6 is 11.8 Å². The van der Waals surface area contributed by atoms with Crippen molar-refractivity contribution in [1.82, 2.24) is 5.32 Å². The van der Waals surface area contributed by atoms with Gasteiger partial charge in [-0.1, -0.05) is 60.3 Å². The Balaban J connectivity index is 1.31. The lowest BCUT2D eigenvalue weighted by molar-refractivity contribution is -0.886. The second kappa shape index (κ2) is 11.1. The lowest BCUT2D eigenvalue weighted by Gasteiger charge is -2.31. The Morgan fingerprint density at radius 3 is 2.50 bits per heavy atom. The van der Waals surface area contributed by atoms with Gasteiger partial charge in [-0.3, -0.25) is 9.59 Å². The van der Waals surface area contributed by atoms with Crippen molar-refractivity contribution in [3.63, 3.8) is 0 Å². The molecule has 6 heteroatoms. The SMILES string of the molecule is Cc1ccccc1CN1C(=O)C(=Cc2ccc(C(=O)NCC[NH+]3CCCC3)cc2)Sc2ccccc21. The number of carbonyl (C=O) groups excluding carboxylic acids is 2. The zero-order valence-corrected chi connectivity index (χ0v) is 21.4. The van der Waals surface area contributed by atoms with Crippen LogP contribution in [0.3, 0.4) is 0 Å². The molecule has 0 radical (unpaired) electrons. The van der Waals surface area contributed by atoms with Crippen LogP contribution in [0, 0.1) is 6.92 Å². The molecule has 184 valence electrons. The van der Waals surface area contributed by atoms with Gasteiger partial charge in [0.2, 0.25) is 0 Å². The van der Waals surface area contributed by atoms with Crippen LogP contribution in [0.25, 0.3) is 6.08 Å². The molecule has 0 unspecified atom stereocenters. The first-order valence-corrected chi connectivity index (χ1v) is 13.5. The zero-order valence-electron chi connectivity index (χ0n) is 20.6. The van der Waals surface area contributed by atoms with Gasteiger partial charge in [0.1, 0.15) is 0 Å². The Kier molecular flexibility index (Phi) is 7.54. The maximum Gasteiger partial charge on any atom is 0.265 e. The van der Waals surface area contributed by atoms with Crippen LogP contribution in [0.15, 0.2) is 82.6 Å². The number of anilines is 1. The molecule has 1 fully saturated rings. The standard InChI is InChI=1S/C30H31N3O2S/c1-22-8-2-3-9-25(22)21-33-26-10-4-5-11-27(26)36-28(30(33)35)20-23-12-14-24(15-13-23)29(34)31-16-19-32-17-6-7-18-32/h2-5,8-15,20H,6-7,16-19,21H2,1H3,(H,31,34)/p+1. The van der Waals surface area contributed by atoms with Gasteiger partial charge in [0, 0.05) is 23.3 Å². The molecule has 3 aromatic rings. The van der Waals surface area contributed by atoms with E-state index in [4.69, 9.17) is 0 Å². The summed E-state index contributed by atoms with van der Waals surface area (Å²) in [4.78, 5) is 31.3. The molecule has 0 saturated carbocycles. The minimum Gasteiger partial charge on any atom is -0.346 e. The van der Waals surface area contributed by atoms with E-state index < -0.39 is 0 Å². The molecule has 0 bridgehead atoms. The Hall–Kier alpha value is -3.35. The van der Waals surface area contributed by atoms with Gasteiger partial charge in [0.25, 0.3) is 11.8 Å². The summed E-state index contributed by atoms with van der Waals surface area (Å²) in [7, 11) is 0. The van der Waals surface area contributed by atoms with E-state index in [1.807, 2.05) is 65.6 Å². The van der Waals surface area contributed by atoms with E-state index in [1.54, 1.807) is 4.90 Å². The number of aryl methyl sites for hydroxylation is 1. The lowest BCUT2D eigenvalue weighted by Crippen LogP contribution is -3.10. The second-order valence-electron chi connectivity index (χ2n) is 9.48. The number of para-hydroxylation sites is 1. The van der Waals surface area contributed by atoms with E-state index >= 15 is 0 Å². The number of hydrogen-bond donors (Lipinski definition) is 2. The van der Waals surface area contributed by atoms with Crippen molar-refractivity contribution < 1.29 is 14.5 Å². The predicted molar refractivity (Wildman–Crippen MR) is 146 cm³/mol. The maximum atomic E-state index is 13.6. The van der Waals surface area contributed by atoms with E-state index in [0.29, 0.717) is 23.6 Å². The van der Waals surface area contributed by atoms with Gasteiger partial charge in [0.15, 0.2) is 0 Å². The van der Waals surface area contributed by atoms with E-state index in [9.17, 15) is 9.59 Å². The normalized spacial score (nSPS) is 16.9. The minimum absolute atomic E-state index is 0.00631. The summed E-state index contributed by atoms with van der Waals surface area (Å²) in [6.07, 6.45) is 4.50. The number of thioether (sulfide) groups is 1. The van der Waals surface area contributed by atoms with Crippen molar-refractivity contribution in [3.8, 4) is 0 Å². The van der Waals surface area contributed by atoms with E-state index in [0.717, 1.165) is 28.3 Å². The van der Waals surface area contributed by atoms with Crippen LogP contribution in [0.2, 0.25) is 0 Å². The summed E-state index contributed by atoms with van der Waals surface area (Å²) >= 11 is 1.50. The summed E-state index contributed by atoms with van der Waals surface area (Å²) in [5, 5.41) is 3.04. The molecular formula is C30H32N3O2S+. The van der Waals surface area contributed by atoms with Gasteiger partial charge in [-0.15, -0.1) is 0 Å². The summed E-state index contributed by atoms with van der Waals surface area (Å²) in [6, 6.07) is 23.7. The van der Waals surface area contributed by atoms with E-state index in [-0.39, 0.29) is 11.8 Å².